The Morgan fingerprint density at radius 3 is 3.27 bits per heavy atom. The maximum atomic E-state index is 9.17. The molecule has 0 aromatic rings. The fraction of sp³-hybridized carbons (Fsp3) is 0.556. The molecule has 0 spiro atoms. The van der Waals surface area contributed by atoms with E-state index in [9.17, 15) is 5.11 Å². The molecule has 0 radical (unpaired) electrons. The molecule has 1 aliphatic rings. The van der Waals surface area contributed by atoms with E-state index in [-0.39, 0.29) is 6.10 Å². The maximum absolute atomic E-state index is 9.17. The van der Waals surface area contributed by atoms with Gasteiger partial charge in [-0.15, -0.1) is 6.42 Å². The highest BCUT2D eigenvalue weighted by Crippen LogP contribution is 2.18. The Labute approximate surface area is 66.9 Å². The Morgan fingerprint density at radius 1 is 1.82 bits per heavy atom. The number of terminal acetylenes is 1. The summed E-state index contributed by atoms with van der Waals surface area (Å²) >= 11 is 0. The highest BCUT2D eigenvalue weighted by molar-refractivity contribution is 5.02. The summed E-state index contributed by atoms with van der Waals surface area (Å²) in [5, 5.41) is 9.17. The average Bonchev–Trinajstić information content (AvgIpc) is 2.01. The lowest BCUT2D eigenvalue weighted by Crippen LogP contribution is -2.10. The van der Waals surface area contributed by atoms with Crippen molar-refractivity contribution in [3.8, 4) is 12.3 Å². The molecule has 0 amide bonds. The van der Waals surface area contributed by atoms with Gasteiger partial charge in [0.15, 0.2) is 0 Å². The van der Waals surface area contributed by atoms with Gasteiger partial charge in [0.2, 0.25) is 0 Å². The van der Waals surface area contributed by atoms with E-state index < -0.39 is 0 Å². The molecule has 0 aromatic carbocycles. The Morgan fingerprint density at radius 2 is 2.64 bits per heavy atom. The number of hydrogen-bond acceptors (Lipinski definition) is 2. The van der Waals surface area contributed by atoms with E-state index in [2.05, 4.69) is 5.92 Å². The van der Waals surface area contributed by atoms with Crippen LogP contribution in [0.4, 0.5) is 0 Å². The fourth-order valence-electron chi connectivity index (χ4n) is 1.12. The van der Waals surface area contributed by atoms with Crippen molar-refractivity contribution >= 4 is 0 Å². The first kappa shape index (κ1) is 8.16. The molecule has 0 heterocycles. The van der Waals surface area contributed by atoms with E-state index >= 15 is 0 Å². The molecule has 0 bridgehead atoms. The van der Waals surface area contributed by atoms with Crippen LogP contribution in [-0.4, -0.2) is 17.8 Å². The minimum absolute atomic E-state index is 0.304. The molecule has 0 saturated heterocycles. The van der Waals surface area contributed by atoms with Crippen LogP contribution in [0, 0.1) is 12.3 Å². The quantitative estimate of drug-likeness (QED) is 0.600. The summed E-state index contributed by atoms with van der Waals surface area (Å²) in [4.78, 5) is 0. The van der Waals surface area contributed by atoms with Gasteiger partial charge in [-0.05, 0) is 18.9 Å². The van der Waals surface area contributed by atoms with Crippen molar-refractivity contribution in [1.29, 1.82) is 0 Å². The third-order valence-electron chi connectivity index (χ3n) is 1.64. The second kappa shape index (κ2) is 4.05. The largest absolute Gasteiger partial charge is 0.486 e. The van der Waals surface area contributed by atoms with Crippen molar-refractivity contribution in [3.05, 3.63) is 11.8 Å². The molecule has 60 valence electrons. The summed E-state index contributed by atoms with van der Waals surface area (Å²) in [6, 6.07) is 0. The van der Waals surface area contributed by atoms with Crippen molar-refractivity contribution in [2.75, 3.05) is 6.61 Å². The number of allylic oxidation sites excluding steroid dienone is 1. The van der Waals surface area contributed by atoms with E-state index in [1.807, 2.05) is 0 Å². The standard InChI is InChI=1S/C9H12O2/c1-2-6-11-9-5-3-4-8(10)7-9/h1,7-8,10H,3-6H2. The third kappa shape index (κ3) is 2.65. The van der Waals surface area contributed by atoms with Crippen molar-refractivity contribution in [2.45, 2.75) is 25.4 Å². The lowest BCUT2D eigenvalue weighted by molar-refractivity contribution is 0.168. The lowest BCUT2D eigenvalue weighted by atomic mass is 10.0. The molecular formula is C9H12O2. The van der Waals surface area contributed by atoms with Crippen molar-refractivity contribution in [1.82, 2.24) is 0 Å². The number of aliphatic hydroxyl groups excluding tert-OH is 1. The van der Waals surface area contributed by atoms with Crippen LogP contribution in [0.1, 0.15) is 19.3 Å². The number of hydrogen-bond donors (Lipinski definition) is 1. The fourth-order valence-corrected chi connectivity index (χ4v) is 1.12. The van der Waals surface area contributed by atoms with Crippen LogP contribution in [-0.2, 0) is 4.74 Å². The Bertz CT molecular complexity index is 188. The van der Waals surface area contributed by atoms with Gasteiger partial charge in [-0.3, -0.25) is 0 Å². The summed E-state index contributed by atoms with van der Waals surface area (Å²) in [7, 11) is 0. The van der Waals surface area contributed by atoms with Gasteiger partial charge >= 0.3 is 0 Å². The molecule has 1 unspecified atom stereocenters. The van der Waals surface area contributed by atoms with Gasteiger partial charge in [-0.2, -0.15) is 0 Å². The predicted molar refractivity (Wildman–Crippen MR) is 42.7 cm³/mol. The normalized spacial score (nSPS) is 23.6. The zero-order valence-electron chi connectivity index (χ0n) is 6.42. The Kier molecular flexibility index (Phi) is 3.00. The van der Waals surface area contributed by atoms with Gasteiger partial charge in [0.1, 0.15) is 6.61 Å². The smallest absolute Gasteiger partial charge is 0.148 e. The van der Waals surface area contributed by atoms with E-state index in [0.717, 1.165) is 25.0 Å². The molecule has 1 rings (SSSR count). The molecular weight excluding hydrogens is 140 g/mol. The lowest BCUT2D eigenvalue weighted by Gasteiger charge is -2.16. The van der Waals surface area contributed by atoms with Crippen molar-refractivity contribution in [2.24, 2.45) is 0 Å². The molecule has 11 heavy (non-hydrogen) atoms. The van der Waals surface area contributed by atoms with Crippen molar-refractivity contribution < 1.29 is 9.84 Å². The van der Waals surface area contributed by atoms with E-state index in [0.29, 0.717) is 6.61 Å². The minimum Gasteiger partial charge on any atom is -0.486 e. The van der Waals surface area contributed by atoms with Gasteiger partial charge in [-0.25, -0.2) is 0 Å². The predicted octanol–water partition coefficient (Wildman–Crippen LogP) is 1.06. The van der Waals surface area contributed by atoms with E-state index in [4.69, 9.17) is 11.2 Å². The first-order valence-corrected chi connectivity index (χ1v) is 3.78. The van der Waals surface area contributed by atoms with Crippen LogP contribution >= 0.6 is 0 Å². The van der Waals surface area contributed by atoms with Gasteiger partial charge in [0, 0.05) is 6.42 Å². The third-order valence-corrected chi connectivity index (χ3v) is 1.64. The molecule has 0 saturated carbocycles. The van der Waals surface area contributed by atoms with Crippen LogP contribution in [0.15, 0.2) is 11.8 Å². The SMILES string of the molecule is C#CCOC1=CC(O)CCC1. The average molecular weight is 152 g/mol. The summed E-state index contributed by atoms with van der Waals surface area (Å²) in [6.45, 7) is 0.304. The van der Waals surface area contributed by atoms with E-state index in [1.54, 1.807) is 6.08 Å². The van der Waals surface area contributed by atoms with Crippen LogP contribution in [0.5, 0.6) is 0 Å². The van der Waals surface area contributed by atoms with Gasteiger partial charge in [0.25, 0.3) is 0 Å². The van der Waals surface area contributed by atoms with E-state index in [1.165, 1.54) is 0 Å². The second-order valence-corrected chi connectivity index (χ2v) is 2.59. The zero-order chi connectivity index (χ0) is 8.10. The van der Waals surface area contributed by atoms with Crippen LogP contribution in [0.3, 0.4) is 0 Å². The number of ether oxygens (including phenoxy) is 1. The summed E-state index contributed by atoms with van der Waals surface area (Å²) in [5.74, 6) is 3.22. The first-order valence-electron chi connectivity index (χ1n) is 3.78. The Hall–Kier alpha value is -0.940. The zero-order valence-corrected chi connectivity index (χ0v) is 6.42. The van der Waals surface area contributed by atoms with Crippen LogP contribution in [0.25, 0.3) is 0 Å². The highest BCUT2D eigenvalue weighted by Gasteiger charge is 2.10. The second-order valence-electron chi connectivity index (χ2n) is 2.59. The van der Waals surface area contributed by atoms with Crippen molar-refractivity contribution in [3.63, 3.8) is 0 Å². The first-order chi connectivity index (χ1) is 5.33. The molecule has 0 fully saturated rings. The van der Waals surface area contributed by atoms with Gasteiger partial charge in [-0.1, -0.05) is 5.92 Å². The molecule has 2 nitrogen and oxygen atoms in total. The van der Waals surface area contributed by atoms with Crippen LogP contribution in [0.2, 0.25) is 0 Å². The summed E-state index contributed by atoms with van der Waals surface area (Å²) in [6.07, 6.45) is 9.14. The summed E-state index contributed by atoms with van der Waals surface area (Å²) in [5.41, 5.74) is 0. The monoisotopic (exact) mass is 152 g/mol. The molecule has 0 aliphatic heterocycles. The minimum atomic E-state index is -0.337. The van der Waals surface area contributed by atoms with Crippen LogP contribution < -0.4 is 0 Å². The van der Waals surface area contributed by atoms with Gasteiger partial charge in [0.05, 0.1) is 11.9 Å². The number of rotatable bonds is 2. The molecule has 0 aromatic heterocycles. The molecule has 1 N–H and O–H groups in total. The molecule has 1 atom stereocenters. The number of aliphatic hydroxyl groups is 1. The molecule has 2 heteroatoms. The Balaban J connectivity index is 2.38. The summed E-state index contributed by atoms with van der Waals surface area (Å²) < 4.78 is 5.17. The topological polar surface area (TPSA) is 29.5 Å². The maximum Gasteiger partial charge on any atom is 0.148 e. The highest BCUT2D eigenvalue weighted by atomic mass is 16.5. The molecule has 1 aliphatic carbocycles. The van der Waals surface area contributed by atoms with Gasteiger partial charge < -0.3 is 9.84 Å².